The fraction of sp³-hybridized carbons (Fsp3) is 0.611. The monoisotopic (exact) mass is 319 g/mol. The van der Waals surface area contributed by atoms with Crippen molar-refractivity contribution in [1.82, 2.24) is 5.32 Å². The highest BCUT2D eigenvalue weighted by Crippen LogP contribution is 2.59. The van der Waals surface area contributed by atoms with Crippen LogP contribution in [0.1, 0.15) is 48.9 Å². The van der Waals surface area contributed by atoms with Crippen LogP contribution in [-0.2, 0) is 0 Å². The number of carbonyl (C=O) groups is 1. The van der Waals surface area contributed by atoms with Gasteiger partial charge in [0.15, 0.2) is 0 Å². The summed E-state index contributed by atoms with van der Waals surface area (Å²) in [6.07, 6.45) is 8.08. The van der Waals surface area contributed by atoms with Crippen molar-refractivity contribution in [2.45, 2.75) is 38.5 Å². The molecule has 0 unspecified atom stereocenters. The number of hydrogen-bond donors (Lipinski definition) is 2. The van der Waals surface area contributed by atoms with E-state index in [-0.39, 0.29) is 11.7 Å². The number of carbonyl (C=O) groups excluding carboxylic acids is 1. The maximum atomic E-state index is 12.4. The Labute approximate surface area is 136 Å². The van der Waals surface area contributed by atoms with Crippen LogP contribution in [0.2, 0.25) is 5.02 Å². The van der Waals surface area contributed by atoms with Crippen LogP contribution in [0.25, 0.3) is 0 Å². The lowest BCUT2D eigenvalue weighted by atomic mass is 9.49. The fourth-order valence-electron chi connectivity index (χ4n) is 5.56. The molecule has 4 bridgehead atoms. The van der Waals surface area contributed by atoms with E-state index in [0.29, 0.717) is 16.0 Å². The summed E-state index contributed by atoms with van der Waals surface area (Å²) in [7, 11) is 0. The predicted octanol–water partition coefficient (Wildman–Crippen LogP) is 3.99. The number of aromatic hydroxyl groups is 1. The van der Waals surface area contributed by atoms with Crippen LogP contribution in [0.3, 0.4) is 0 Å². The number of halogens is 1. The molecular formula is C18H22ClNO2. The average Bonchev–Trinajstić information content (AvgIpc) is 2.43. The Morgan fingerprint density at radius 2 is 1.77 bits per heavy atom. The van der Waals surface area contributed by atoms with Gasteiger partial charge in [-0.25, -0.2) is 0 Å². The van der Waals surface area contributed by atoms with Gasteiger partial charge >= 0.3 is 0 Å². The van der Waals surface area contributed by atoms with Gasteiger partial charge in [-0.2, -0.15) is 0 Å². The number of benzene rings is 1. The van der Waals surface area contributed by atoms with Gasteiger partial charge in [0.1, 0.15) is 5.75 Å². The van der Waals surface area contributed by atoms with Crippen molar-refractivity contribution < 1.29 is 9.90 Å². The molecule has 2 N–H and O–H groups in total. The van der Waals surface area contributed by atoms with Gasteiger partial charge in [0, 0.05) is 6.54 Å². The highest BCUT2D eigenvalue weighted by Gasteiger charge is 2.50. The molecule has 0 saturated heterocycles. The van der Waals surface area contributed by atoms with Crippen LogP contribution in [0.15, 0.2) is 18.2 Å². The quantitative estimate of drug-likeness (QED) is 0.885. The summed E-state index contributed by atoms with van der Waals surface area (Å²) in [6.45, 7) is 0.770. The molecule has 1 aromatic carbocycles. The lowest BCUT2D eigenvalue weighted by Crippen LogP contribution is -2.51. The number of hydrogen-bond acceptors (Lipinski definition) is 2. The summed E-state index contributed by atoms with van der Waals surface area (Å²) in [5.41, 5.74) is 0.776. The van der Waals surface area contributed by atoms with Gasteiger partial charge in [-0.05, 0) is 79.9 Å². The minimum Gasteiger partial charge on any atom is -0.508 e. The fourth-order valence-corrected chi connectivity index (χ4v) is 5.82. The molecule has 4 heteroatoms. The lowest BCUT2D eigenvalue weighted by Gasteiger charge is -2.56. The zero-order valence-corrected chi connectivity index (χ0v) is 13.4. The molecule has 0 radical (unpaired) electrons. The first-order valence-electron chi connectivity index (χ1n) is 8.30. The van der Waals surface area contributed by atoms with Crippen molar-refractivity contribution >= 4 is 17.5 Å². The van der Waals surface area contributed by atoms with Gasteiger partial charge in [-0.3, -0.25) is 4.79 Å². The van der Waals surface area contributed by atoms with Crippen molar-refractivity contribution in [2.24, 2.45) is 23.2 Å². The molecule has 0 atom stereocenters. The maximum Gasteiger partial charge on any atom is 0.252 e. The highest BCUT2D eigenvalue weighted by atomic mass is 35.5. The minimum absolute atomic E-state index is 0.0858. The predicted molar refractivity (Wildman–Crippen MR) is 86.1 cm³/mol. The molecule has 5 rings (SSSR count). The second-order valence-corrected chi connectivity index (χ2v) is 8.17. The largest absolute Gasteiger partial charge is 0.508 e. The minimum atomic E-state index is -0.124. The Morgan fingerprint density at radius 1 is 1.18 bits per heavy atom. The van der Waals surface area contributed by atoms with E-state index in [2.05, 4.69) is 5.32 Å². The summed E-state index contributed by atoms with van der Waals surface area (Å²) in [5.74, 6) is 2.63. The molecule has 22 heavy (non-hydrogen) atoms. The zero-order valence-electron chi connectivity index (χ0n) is 12.6. The first-order valence-corrected chi connectivity index (χ1v) is 8.67. The maximum absolute atomic E-state index is 12.4. The molecule has 0 heterocycles. The highest BCUT2D eigenvalue weighted by molar-refractivity contribution is 6.34. The van der Waals surface area contributed by atoms with Crippen LogP contribution in [-0.4, -0.2) is 17.6 Å². The first kappa shape index (κ1) is 14.4. The second-order valence-electron chi connectivity index (χ2n) is 7.76. The number of phenols is 1. The Morgan fingerprint density at radius 3 is 2.32 bits per heavy atom. The third-order valence-corrected chi connectivity index (χ3v) is 6.30. The average molecular weight is 320 g/mol. The third kappa shape index (κ3) is 2.50. The van der Waals surface area contributed by atoms with Crippen LogP contribution in [0.4, 0.5) is 0 Å². The van der Waals surface area contributed by atoms with Gasteiger partial charge < -0.3 is 10.4 Å². The molecule has 118 valence electrons. The Balaban J connectivity index is 1.45. The summed E-state index contributed by atoms with van der Waals surface area (Å²) in [4.78, 5) is 12.4. The number of phenolic OH excluding ortho intramolecular Hbond substituents is 1. The molecule has 1 aromatic rings. The molecule has 3 nitrogen and oxygen atoms in total. The smallest absolute Gasteiger partial charge is 0.252 e. The SMILES string of the molecule is O=C(NCC12CC3CC(CC(C3)C1)C2)c1ccc(O)cc1Cl. The van der Waals surface area contributed by atoms with E-state index >= 15 is 0 Å². The van der Waals surface area contributed by atoms with E-state index in [4.69, 9.17) is 11.6 Å². The van der Waals surface area contributed by atoms with Crippen LogP contribution >= 0.6 is 11.6 Å². The van der Waals surface area contributed by atoms with Crippen molar-refractivity contribution in [3.8, 4) is 5.75 Å². The second kappa shape index (κ2) is 5.16. The van der Waals surface area contributed by atoms with Gasteiger partial charge in [0.05, 0.1) is 10.6 Å². The summed E-state index contributed by atoms with van der Waals surface area (Å²) < 4.78 is 0. The Bertz CT molecular complexity index is 578. The first-order chi connectivity index (χ1) is 10.5. The third-order valence-electron chi connectivity index (χ3n) is 5.99. The van der Waals surface area contributed by atoms with Crippen LogP contribution < -0.4 is 5.32 Å². The molecular weight excluding hydrogens is 298 g/mol. The van der Waals surface area contributed by atoms with Crippen molar-refractivity contribution in [3.63, 3.8) is 0 Å². The number of amides is 1. The van der Waals surface area contributed by atoms with Crippen molar-refractivity contribution in [1.29, 1.82) is 0 Å². The number of rotatable bonds is 3. The Hall–Kier alpha value is -1.22. The van der Waals surface area contributed by atoms with E-state index in [9.17, 15) is 9.90 Å². The molecule has 0 aliphatic heterocycles. The van der Waals surface area contributed by atoms with E-state index in [1.807, 2.05) is 0 Å². The van der Waals surface area contributed by atoms with Crippen LogP contribution in [0, 0.1) is 23.2 Å². The summed E-state index contributed by atoms with van der Waals surface area (Å²) in [6, 6.07) is 4.51. The van der Waals surface area contributed by atoms with Gasteiger partial charge in [0.2, 0.25) is 0 Å². The van der Waals surface area contributed by atoms with Gasteiger partial charge in [-0.15, -0.1) is 0 Å². The van der Waals surface area contributed by atoms with E-state index in [1.54, 1.807) is 6.07 Å². The molecule has 4 saturated carbocycles. The molecule has 1 amide bonds. The van der Waals surface area contributed by atoms with Gasteiger partial charge in [-0.1, -0.05) is 11.6 Å². The van der Waals surface area contributed by atoms with E-state index in [0.717, 1.165) is 24.3 Å². The summed E-state index contributed by atoms with van der Waals surface area (Å²) >= 11 is 6.06. The normalized spacial score (nSPS) is 35.6. The van der Waals surface area contributed by atoms with Crippen molar-refractivity contribution in [2.75, 3.05) is 6.54 Å². The van der Waals surface area contributed by atoms with E-state index in [1.165, 1.54) is 50.7 Å². The lowest BCUT2D eigenvalue weighted by molar-refractivity contribution is -0.0503. The standard InChI is InChI=1S/C18H22ClNO2/c19-16-6-14(21)1-2-15(16)17(22)20-10-18-7-11-3-12(8-18)5-13(4-11)9-18/h1-2,6,11-13,21H,3-5,7-10H2,(H,20,22). The molecule has 4 fully saturated rings. The van der Waals surface area contributed by atoms with Gasteiger partial charge in [0.25, 0.3) is 5.91 Å². The topological polar surface area (TPSA) is 49.3 Å². The molecule has 4 aliphatic carbocycles. The molecule has 0 aromatic heterocycles. The van der Waals surface area contributed by atoms with Crippen molar-refractivity contribution in [3.05, 3.63) is 28.8 Å². The van der Waals surface area contributed by atoms with E-state index < -0.39 is 0 Å². The Kier molecular flexibility index (Phi) is 3.37. The number of nitrogens with one attached hydrogen (secondary N) is 1. The van der Waals surface area contributed by atoms with Crippen LogP contribution in [0.5, 0.6) is 5.75 Å². The molecule has 0 spiro atoms. The molecule has 4 aliphatic rings. The zero-order chi connectivity index (χ0) is 15.3. The summed E-state index contributed by atoms with van der Waals surface area (Å²) in [5, 5.41) is 12.8.